The maximum Gasteiger partial charge on any atom is 0.341 e. The molecule has 0 aliphatic carbocycles. The van der Waals surface area contributed by atoms with Gasteiger partial charge in [0.1, 0.15) is 17.4 Å². The van der Waals surface area contributed by atoms with Crippen molar-refractivity contribution in [3.8, 4) is 5.75 Å². The summed E-state index contributed by atoms with van der Waals surface area (Å²) in [4.78, 5) is 56.9. The number of fused-ring (bicyclic) bond motifs is 1. The summed E-state index contributed by atoms with van der Waals surface area (Å²) in [6, 6.07) is 5.55. The quantitative estimate of drug-likeness (QED) is 0.364. The van der Waals surface area contributed by atoms with Crippen molar-refractivity contribution in [2.45, 2.75) is 18.9 Å². The van der Waals surface area contributed by atoms with Gasteiger partial charge in [-0.3, -0.25) is 14.4 Å². The van der Waals surface area contributed by atoms with Crippen LogP contribution in [0.15, 0.2) is 30.3 Å². The van der Waals surface area contributed by atoms with E-state index in [-0.39, 0.29) is 35.1 Å². The molecule has 0 saturated carbocycles. The minimum absolute atomic E-state index is 0.0830. The topological polar surface area (TPSA) is 193 Å². The summed E-state index contributed by atoms with van der Waals surface area (Å²) in [6.45, 7) is -0.725. The number of primary amides is 1. The maximum atomic E-state index is 12.4. The van der Waals surface area contributed by atoms with Crippen LogP contribution in [0.25, 0.3) is 10.8 Å². The lowest BCUT2D eigenvalue weighted by Crippen LogP contribution is -2.44. The van der Waals surface area contributed by atoms with E-state index in [1.807, 2.05) is 0 Å². The first-order chi connectivity index (χ1) is 14.1. The number of carboxylic acids is 3. The molecular weight excluding hydrogens is 400 g/mol. The van der Waals surface area contributed by atoms with Crippen molar-refractivity contribution < 1.29 is 44.0 Å². The second-order valence-electron chi connectivity index (χ2n) is 6.22. The Balaban J connectivity index is 2.33. The molecule has 0 aliphatic heterocycles. The normalized spacial score (nSPS) is 11.5. The molecule has 2 aromatic rings. The predicted molar refractivity (Wildman–Crippen MR) is 101 cm³/mol. The van der Waals surface area contributed by atoms with Gasteiger partial charge in [0, 0.05) is 12.0 Å². The minimum Gasteiger partial charge on any atom is -0.481 e. The Hall–Kier alpha value is -4.15. The fraction of sp³-hybridized carbons (Fsp3) is 0.211. The summed E-state index contributed by atoms with van der Waals surface area (Å²) in [7, 11) is 0. The van der Waals surface area contributed by atoms with Gasteiger partial charge in [0.25, 0.3) is 5.91 Å². The molecule has 158 valence electrons. The molecule has 0 bridgehead atoms. The third kappa shape index (κ3) is 5.44. The van der Waals surface area contributed by atoms with Crippen molar-refractivity contribution in [2.24, 2.45) is 5.73 Å². The molecule has 30 heavy (non-hydrogen) atoms. The van der Waals surface area contributed by atoms with Crippen LogP contribution in [0, 0.1) is 0 Å². The van der Waals surface area contributed by atoms with E-state index in [0.717, 1.165) is 0 Å². The molecule has 0 fully saturated rings. The Kier molecular flexibility index (Phi) is 6.91. The molecule has 0 aliphatic rings. The van der Waals surface area contributed by atoms with Gasteiger partial charge in [-0.15, -0.1) is 0 Å². The molecule has 1 atom stereocenters. The van der Waals surface area contributed by atoms with E-state index in [0.29, 0.717) is 5.39 Å². The van der Waals surface area contributed by atoms with Gasteiger partial charge in [-0.2, -0.15) is 0 Å². The van der Waals surface area contributed by atoms with Crippen molar-refractivity contribution in [1.29, 1.82) is 0 Å². The van der Waals surface area contributed by atoms with Crippen molar-refractivity contribution in [1.82, 2.24) is 5.32 Å². The molecule has 0 saturated heterocycles. The molecular formula is C19H18N2O9. The number of rotatable bonds is 10. The van der Waals surface area contributed by atoms with Crippen molar-refractivity contribution in [2.75, 3.05) is 6.61 Å². The second kappa shape index (κ2) is 9.37. The number of amides is 2. The van der Waals surface area contributed by atoms with E-state index in [1.165, 1.54) is 30.3 Å². The van der Waals surface area contributed by atoms with Gasteiger partial charge in [-0.1, -0.05) is 12.1 Å². The van der Waals surface area contributed by atoms with Gasteiger partial charge in [0.2, 0.25) is 5.91 Å². The SMILES string of the molecule is NC(=O)[C@@H](CCC(=O)O)NC(=O)c1ccc2c(C(=O)O)c(OCC(=O)O)ccc2c1. The molecule has 0 unspecified atom stereocenters. The van der Waals surface area contributed by atoms with Crippen LogP contribution in [0.3, 0.4) is 0 Å². The highest BCUT2D eigenvalue weighted by molar-refractivity contribution is 6.08. The van der Waals surface area contributed by atoms with Crippen LogP contribution < -0.4 is 15.8 Å². The second-order valence-corrected chi connectivity index (χ2v) is 6.22. The molecule has 0 spiro atoms. The average molecular weight is 418 g/mol. The van der Waals surface area contributed by atoms with Gasteiger partial charge in [0.15, 0.2) is 6.61 Å². The number of aliphatic carboxylic acids is 2. The third-order valence-electron chi connectivity index (χ3n) is 4.10. The van der Waals surface area contributed by atoms with Crippen LogP contribution >= 0.6 is 0 Å². The predicted octanol–water partition coefficient (Wildman–Crippen LogP) is 0.450. The molecule has 0 heterocycles. The van der Waals surface area contributed by atoms with E-state index in [1.54, 1.807) is 0 Å². The van der Waals surface area contributed by atoms with Crippen molar-refractivity contribution in [3.63, 3.8) is 0 Å². The lowest BCUT2D eigenvalue weighted by atomic mass is 10.0. The standard InChI is InChI=1S/C19H18N2O9/c20-17(26)12(4-6-14(22)23)21-18(27)10-1-3-11-9(7-10)2-5-13(16(11)19(28)29)30-8-15(24)25/h1-3,5,7,12H,4,6,8H2,(H2,20,26)(H,21,27)(H,22,23)(H,24,25)(H,28,29)/t12-/m1/s1. The first-order valence-electron chi connectivity index (χ1n) is 8.56. The summed E-state index contributed by atoms with van der Waals surface area (Å²) in [5.74, 6) is -5.50. The summed E-state index contributed by atoms with van der Waals surface area (Å²) < 4.78 is 5.01. The number of nitrogens with two attached hydrogens (primary N) is 1. The number of hydrogen-bond donors (Lipinski definition) is 5. The minimum atomic E-state index is -1.35. The van der Waals surface area contributed by atoms with Gasteiger partial charge in [-0.05, 0) is 35.4 Å². The number of carbonyl (C=O) groups excluding carboxylic acids is 2. The monoisotopic (exact) mass is 418 g/mol. The van der Waals surface area contributed by atoms with E-state index >= 15 is 0 Å². The summed E-state index contributed by atoms with van der Waals surface area (Å²) in [5.41, 5.74) is 5.01. The number of carbonyl (C=O) groups is 5. The van der Waals surface area contributed by atoms with Gasteiger partial charge >= 0.3 is 17.9 Å². The Morgan fingerprint density at radius 2 is 1.70 bits per heavy atom. The van der Waals surface area contributed by atoms with Crippen molar-refractivity contribution in [3.05, 3.63) is 41.5 Å². The number of ether oxygens (including phenoxy) is 1. The fourth-order valence-electron chi connectivity index (χ4n) is 2.73. The lowest BCUT2D eigenvalue weighted by molar-refractivity contribution is -0.139. The Labute approximate surface area is 169 Å². The van der Waals surface area contributed by atoms with Crippen molar-refractivity contribution >= 4 is 40.5 Å². The molecule has 2 aromatic carbocycles. The van der Waals surface area contributed by atoms with Crippen LogP contribution in [-0.4, -0.2) is 57.7 Å². The number of aromatic carboxylic acids is 1. The first-order valence-corrected chi connectivity index (χ1v) is 8.56. The zero-order valence-electron chi connectivity index (χ0n) is 15.5. The molecule has 11 heteroatoms. The highest BCUT2D eigenvalue weighted by Crippen LogP contribution is 2.29. The van der Waals surface area contributed by atoms with Crippen LogP contribution in [-0.2, 0) is 14.4 Å². The summed E-state index contributed by atoms with van der Waals surface area (Å²) in [5, 5.41) is 29.8. The first kappa shape index (κ1) is 22.1. The lowest BCUT2D eigenvalue weighted by Gasteiger charge is -2.15. The molecule has 11 nitrogen and oxygen atoms in total. The number of benzene rings is 2. The van der Waals surface area contributed by atoms with Crippen LogP contribution in [0.4, 0.5) is 0 Å². The number of hydrogen-bond acceptors (Lipinski definition) is 6. The highest BCUT2D eigenvalue weighted by Gasteiger charge is 2.21. The summed E-state index contributed by atoms with van der Waals surface area (Å²) >= 11 is 0. The molecule has 2 amide bonds. The Morgan fingerprint density at radius 3 is 2.27 bits per heavy atom. The third-order valence-corrected chi connectivity index (χ3v) is 4.10. The Morgan fingerprint density at radius 1 is 1.00 bits per heavy atom. The van der Waals surface area contributed by atoms with E-state index in [9.17, 15) is 29.1 Å². The number of carboxylic acid groups (broad SMARTS) is 3. The smallest absolute Gasteiger partial charge is 0.341 e. The van der Waals surface area contributed by atoms with Gasteiger partial charge < -0.3 is 31.1 Å². The maximum absolute atomic E-state index is 12.4. The zero-order chi connectivity index (χ0) is 22.4. The molecule has 6 N–H and O–H groups in total. The molecule has 2 rings (SSSR count). The zero-order valence-corrected chi connectivity index (χ0v) is 15.5. The van der Waals surface area contributed by atoms with E-state index < -0.39 is 42.4 Å². The van der Waals surface area contributed by atoms with Gasteiger partial charge in [0.05, 0.1) is 0 Å². The van der Waals surface area contributed by atoms with Gasteiger partial charge in [-0.25, -0.2) is 9.59 Å². The fourth-order valence-corrected chi connectivity index (χ4v) is 2.73. The van der Waals surface area contributed by atoms with E-state index in [2.05, 4.69) is 5.32 Å². The van der Waals surface area contributed by atoms with E-state index in [4.69, 9.17) is 20.7 Å². The van der Waals surface area contributed by atoms with Crippen LogP contribution in [0.1, 0.15) is 33.6 Å². The Bertz CT molecular complexity index is 1030. The highest BCUT2D eigenvalue weighted by atomic mass is 16.5. The summed E-state index contributed by atoms with van der Waals surface area (Å²) in [6.07, 6.45) is -0.551. The van der Waals surface area contributed by atoms with Crippen LogP contribution in [0.5, 0.6) is 5.75 Å². The average Bonchev–Trinajstić information content (AvgIpc) is 2.67. The molecule has 0 aromatic heterocycles. The van der Waals surface area contributed by atoms with Crippen LogP contribution in [0.2, 0.25) is 0 Å². The largest absolute Gasteiger partial charge is 0.481 e. The molecule has 0 radical (unpaired) electrons. The number of nitrogens with one attached hydrogen (secondary N) is 1.